The van der Waals surface area contributed by atoms with Gasteiger partial charge in [0.15, 0.2) is 17.2 Å². The summed E-state index contributed by atoms with van der Waals surface area (Å²) in [6.45, 7) is 0.0420. The Morgan fingerprint density at radius 1 is 1.10 bits per heavy atom. The molecule has 2 aromatic carbocycles. The molecule has 0 atom stereocenters. The highest BCUT2D eigenvalue weighted by Crippen LogP contribution is 2.51. The molecule has 30 heavy (non-hydrogen) atoms. The molecule has 2 N–H and O–H groups in total. The van der Waals surface area contributed by atoms with Crippen molar-refractivity contribution in [3.05, 3.63) is 47.7 Å². The van der Waals surface area contributed by atoms with Gasteiger partial charge in [0.2, 0.25) is 16.8 Å². The van der Waals surface area contributed by atoms with Crippen LogP contribution in [0.3, 0.4) is 0 Å². The first-order valence-corrected chi connectivity index (χ1v) is 11.1. The number of aromatic nitrogens is 2. The minimum Gasteiger partial charge on any atom is -0.454 e. The lowest BCUT2D eigenvalue weighted by atomic mass is 10.0. The molecule has 0 saturated carbocycles. The monoisotopic (exact) mass is 455 g/mol. The molecular formula is C18H12F3N3O4S2. The van der Waals surface area contributed by atoms with Crippen LogP contribution in [0.5, 0.6) is 11.5 Å². The van der Waals surface area contributed by atoms with E-state index in [1.165, 1.54) is 24.3 Å². The molecule has 3 heterocycles. The number of rotatable bonds is 2. The molecule has 12 heteroatoms. The number of nitrogens with zero attached hydrogens (tertiary/aromatic N) is 2. The van der Waals surface area contributed by atoms with Crippen molar-refractivity contribution in [2.75, 3.05) is 6.79 Å². The van der Waals surface area contributed by atoms with Crippen molar-refractivity contribution in [2.45, 2.75) is 21.7 Å². The van der Waals surface area contributed by atoms with E-state index in [1.807, 2.05) is 0 Å². The lowest BCUT2D eigenvalue weighted by Crippen LogP contribution is -2.12. The smallest absolute Gasteiger partial charge is 0.436 e. The third-order valence-electron chi connectivity index (χ3n) is 4.75. The number of alkyl halides is 3. The Morgan fingerprint density at radius 3 is 2.40 bits per heavy atom. The predicted octanol–water partition coefficient (Wildman–Crippen LogP) is 3.54. The predicted molar refractivity (Wildman–Crippen MR) is 101 cm³/mol. The summed E-state index contributed by atoms with van der Waals surface area (Å²) in [4.78, 5) is -0.147. The Hall–Kier alpha value is -2.70. The first kappa shape index (κ1) is 19.3. The van der Waals surface area contributed by atoms with Crippen molar-refractivity contribution >= 4 is 21.8 Å². The summed E-state index contributed by atoms with van der Waals surface area (Å²) in [5, 5.41) is 8.94. The topological polar surface area (TPSA) is 96.4 Å². The quantitative estimate of drug-likeness (QED) is 0.635. The minimum atomic E-state index is -4.66. The van der Waals surface area contributed by atoms with Crippen LogP contribution in [-0.2, 0) is 22.0 Å². The molecule has 1 aromatic heterocycles. The van der Waals surface area contributed by atoms with Crippen LogP contribution in [0.2, 0.25) is 0 Å². The molecule has 0 radical (unpaired) electrons. The van der Waals surface area contributed by atoms with Gasteiger partial charge in [-0.3, -0.25) is 0 Å². The second kappa shape index (κ2) is 6.40. The third-order valence-corrected chi connectivity index (χ3v) is 6.81. The number of nitrogens with two attached hydrogens (primary N) is 1. The second-order valence-corrected chi connectivity index (χ2v) is 9.17. The summed E-state index contributed by atoms with van der Waals surface area (Å²) >= 11 is 1.04. The zero-order valence-electron chi connectivity index (χ0n) is 14.9. The van der Waals surface area contributed by atoms with E-state index in [4.69, 9.17) is 14.6 Å². The Balaban J connectivity index is 1.74. The summed E-state index contributed by atoms with van der Waals surface area (Å²) in [6, 6.07) is 8.57. The van der Waals surface area contributed by atoms with Gasteiger partial charge in [-0.25, -0.2) is 18.2 Å². The van der Waals surface area contributed by atoms with E-state index >= 15 is 0 Å². The van der Waals surface area contributed by atoms with Crippen LogP contribution in [0.1, 0.15) is 11.3 Å². The minimum absolute atomic E-state index is 0.00406. The number of halogens is 3. The van der Waals surface area contributed by atoms with Crippen LogP contribution < -0.4 is 14.6 Å². The molecule has 0 bridgehead atoms. The van der Waals surface area contributed by atoms with E-state index in [0.29, 0.717) is 22.8 Å². The summed E-state index contributed by atoms with van der Waals surface area (Å²) in [5.41, 5.74) is 0.858. The lowest BCUT2D eigenvalue weighted by Gasteiger charge is -2.19. The molecule has 5 rings (SSSR count). The Bertz CT molecular complexity index is 1290. The number of fused-ring (bicyclic) bond motifs is 4. The average Bonchev–Trinajstić information content (AvgIpc) is 3.29. The summed E-state index contributed by atoms with van der Waals surface area (Å²) < 4.78 is 76.0. The second-order valence-electron chi connectivity index (χ2n) is 6.63. The van der Waals surface area contributed by atoms with Gasteiger partial charge < -0.3 is 9.47 Å². The zero-order chi connectivity index (χ0) is 21.3. The molecule has 7 nitrogen and oxygen atoms in total. The van der Waals surface area contributed by atoms with Gasteiger partial charge in [-0.2, -0.15) is 18.3 Å². The highest BCUT2D eigenvalue weighted by molar-refractivity contribution is 7.98. The molecule has 2 aliphatic heterocycles. The molecule has 3 aromatic rings. The molecular weight excluding hydrogens is 443 g/mol. The van der Waals surface area contributed by atoms with E-state index < -0.39 is 21.9 Å². The zero-order valence-corrected chi connectivity index (χ0v) is 16.6. The highest BCUT2D eigenvalue weighted by Gasteiger charge is 2.42. The lowest BCUT2D eigenvalue weighted by molar-refractivity contribution is -0.143. The number of hydrogen-bond acceptors (Lipinski definition) is 6. The van der Waals surface area contributed by atoms with Gasteiger partial charge in [-0.1, -0.05) is 0 Å². The summed E-state index contributed by atoms with van der Waals surface area (Å²) in [7, 11) is -3.94. The fourth-order valence-electron chi connectivity index (χ4n) is 3.40. The van der Waals surface area contributed by atoms with Gasteiger partial charge in [0, 0.05) is 11.3 Å². The Labute approximate surface area is 172 Å². The SMILES string of the molecule is NS(=O)(=O)c1ccc(-n2nc(C(F)(F)F)c3c2-c2cc4c(cc2CS3)OCO4)cc1. The van der Waals surface area contributed by atoms with Gasteiger partial charge in [0.05, 0.1) is 21.2 Å². The maximum absolute atomic E-state index is 13.7. The molecule has 0 spiro atoms. The van der Waals surface area contributed by atoms with Crippen molar-refractivity contribution in [1.82, 2.24) is 9.78 Å². The van der Waals surface area contributed by atoms with Gasteiger partial charge in [-0.05, 0) is 42.0 Å². The standard InChI is InChI=1S/C18H12F3N3O4S2/c19-18(20,21)17-16-15(12-6-14-13(27-8-28-14)5-9(12)7-29-16)24(23-17)10-1-3-11(4-2-10)30(22,25)26/h1-6H,7-8H2,(H2,22,25,26). The van der Waals surface area contributed by atoms with Crippen LogP contribution in [-0.4, -0.2) is 25.0 Å². The summed E-state index contributed by atoms with van der Waals surface area (Å²) in [6.07, 6.45) is -4.66. The molecule has 0 aliphatic carbocycles. The van der Waals surface area contributed by atoms with E-state index in [-0.39, 0.29) is 28.0 Å². The molecule has 156 valence electrons. The first-order chi connectivity index (χ1) is 14.1. The van der Waals surface area contributed by atoms with Crippen molar-refractivity contribution in [1.29, 1.82) is 0 Å². The fraction of sp³-hybridized carbons (Fsp3) is 0.167. The molecule has 0 fully saturated rings. The number of hydrogen-bond donors (Lipinski definition) is 1. The van der Waals surface area contributed by atoms with Crippen molar-refractivity contribution in [3.63, 3.8) is 0 Å². The largest absolute Gasteiger partial charge is 0.454 e. The van der Waals surface area contributed by atoms with Gasteiger partial charge in [0.25, 0.3) is 0 Å². The number of primary sulfonamides is 1. The van der Waals surface area contributed by atoms with Gasteiger partial charge in [0.1, 0.15) is 0 Å². The fourth-order valence-corrected chi connectivity index (χ4v) is 5.08. The number of sulfonamides is 1. The van der Waals surface area contributed by atoms with E-state index in [9.17, 15) is 21.6 Å². The third kappa shape index (κ3) is 3.02. The molecule has 0 unspecified atom stereocenters. The van der Waals surface area contributed by atoms with Crippen molar-refractivity contribution in [2.24, 2.45) is 5.14 Å². The van der Waals surface area contributed by atoms with E-state index in [1.54, 1.807) is 12.1 Å². The molecule has 2 aliphatic rings. The van der Waals surface area contributed by atoms with E-state index in [2.05, 4.69) is 5.10 Å². The van der Waals surface area contributed by atoms with Crippen molar-refractivity contribution in [3.8, 4) is 28.4 Å². The maximum atomic E-state index is 13.7. The Morgan fingerprint density at radius 2 is 1.77 bits per heavy atom. The van der Waals surface area contributed by atoms with Crippen molar-refractivity contribution < 1.29 is 31.1 Å². The van der Waals surface area contributed by atoms with Crippen LogP contribution in [0.25, 0.3) is 16.9 Å². The van der Waals surface area contributed by atoms with Crippen LogP contribution in [0, 0.1) is 0 Å². The Kier molecular flexibility index (Phi) is 4.11. The molecule has 0 amide bonds. The van der Waals surface area contributed by atoms with Crippen LogP contribution in [0.4, 0.5) is 13.2 Å². The average molecular weight is 455 g/mol. The number of thioether (sulfide) groups is 1. The number of ether oxygens (including phenoxy) is 2. The highest BCUT2D eigenvalue weighted by atomic mass is 32.2. The van der Waals surface area contributed by atoms with Gasteiger partial charge in [-0.15, -0.1) is 11.8 Å². The number of benzene rings is 2. The van der Waals surface area contributed by atoms with Crippen LogP contribution in [0.15, 0.2) is 46.2 Å². The van der Waals surface area contributed by atoms with E-state index in [0.717, 1.165) is 22.0 Å². The normalized spacial score (nSPS) is 15.1. The molecule has 0 saturated heterocycles. The van der Waals surface area contributed by atoms with Crippen LogP contribution >= 0.6 is 11.8 Å². The maximum Gasteiger partial charge on any atom is 0.436 e. The van der Waals surface area contributed by atoms with Gasteiger partial charge >= 0.3 is 6.18 Å². The first-order valence-electron chi connectivity index (χ1n) is 8.52. The summed E-state index contributed by atoms with van der Waals surface area (Å²) in [5.74, 6) is 1.30.